The van der Waals surface area contributed by atoms with Crippen molar-refractivity contribution in [2.75, 3.05) is 0 Å². The Kier molecular flexibility index (Phi) is 4.84. The first-order chi connectivity index (χ1) is 13.2. The van der Waals surface area contributed by atoms with Crippen LogP contribution in [0.3, 0.4) is 0 Å². The fourth-order valence-electron chi connectivity index (χ4n) is 3.41. The van der Waals surface area contributed by atoms with Crippen molar-refractivity contribution in [3.05, 3.63) is 113 Å². The van der Waals surface area contributed by atoms with Crippen molar-refractivity contribution in [3.63, 3.8) is 0 Å². The first kappa shape index (κ1) is 17.2. The summed E-state index contributed by atoms with van der Waals surface area (Å²) < 4.78 is 0. The first-order valence-electron chi connectivity index (χ1n) is 9.37. The van der Waals surface area contributed by atoms with Gasteiger partial charge in [0.15, 0.2) is 0 Å². The molecular weight excluding hydrogens is 326 g/mol. The summed E-state index contributed by atoms with van der Waals surface area (Å²) in [6, 6.07) is 32.1. The fourth-order valence-corrected chi connectivity index (χ4v) is 3.41. The molecule has 0 saturated carbocycles. The van der Waals surface area contributed by atoms with Gasteiger partial charge in [-0.3, -0.25) is 4.98 Å². The average molecular weight is 349 g/mol. The number of hydrogen-bond donors (Lipinski definition) is 0. The fraction of sp³-hybridized carbons (Fsp3) is 0.115. The molecule has 0 atom stereocenters. The molecule has 0 saturated heterocycles. The topological polar surface area (TPSA) is 12.9 Å². The van der Waals surface area contributed by atoms with Gasteiger partial charge in [0.2, 0.25) is 0 Å². The van der Waals surface area contributed by atoms with E-state index < -0.39 is 0 Å². The van der Waals surface area contributed by atoms with Gasteiger partial charge in [-0.25, -0.2) is 0 Å². The highest BCUT2D eigenvalue weighted by Gasteiger charge is 2.13. The van der Waals surface area contributed by atoms with Gasteiger partial charge < -0.3 is 0 Å². The molecule has 0 bridgehead atoms. The second kappa shape index (κ2) is 7.59. The van der Waals surface area contributed by atoms with Crippen LogP contribution in [0.1, 0.15) is 22.4 Å². The largest absolute Gasteiger partial charge is 0.252 e. The lowest BCUT2D eigenvalue weighted by atomic mass is 9.94. The van der Waals surface area contributed by atoms with Crippen LogP contribution in [0.5, 0.6) is 0 Å². The number of aromatic nitrogens is 1. The molecule has 1 heterocycles. The molecule has 1 aromatic heterocycles. The summed E-state index contributed by atoms with van der Waals surface area (Å²) in [6.07, 6.45) is 0.897. The SMILES string of the molecule is Cc1ccc(-c2nc(C)c(Cc3ccccc3)cc2-c2ccccc2)cc1. The van der Waals surface area contributed by atoms with Crippen LogP contribution in [0, 0.1) is 13.8 Å². The van der Waals surface area contributed by atoms with Crippen LogP contribution in [0.15, 0.2) is 91.0 Å². The molecule has 1 nitrogen and oxygen atoms in total. The van der Waals surface area contributed by atoms with Crippen LogP contribution in [0.4, 0.5) is 0 Å². The average Bonchev–Trinajstić information content (AvgIpc) is 2.71. The van der Waals surface area contributed by atoms with Crippen molar-refractivity contribution in [1.82, 2.24) is 4.98 Å². The Morgan fingerprint density at radius 2 is 1.30 bits per heavy atom. The number of nitrogens with zero attached hydrogens (tertiary/aromatic N) is 1. The van der Waals surface area contributed by atoms with E-state index in [1.54, 1.807) is 0 Å². The van der Waals surface area contributed by atoms with Crippen molar-refractivity contribution in [2.24, 2.45) is 0 Å². The van der Waals surface area contributed by atoms with Crippen molar-refractivity contribution in [3.8, 4) is 22.4 Å². The highest BCUT2D eigenvalue weighted by molar-refractivity contribution is 5.81. The number of hydrogen-bond acceptors (Lipinski definition) is 1. The van der Waals surface area contributed by atoms with E-state index in [1.165, 1.54) is 27.8 Å². The van der Waals surface area contributed by atoms with E-state index >= 15 is 0 Å². The molecule has 0 unspecified atom stereocenters. The van der Waals surface area contributed by atoms with Crippen LogP contribution >= 0.6 is 0 Å². The minimum Gasteiger partial charge on any atom is -0.252 e. The van der Waals surface area contributed by atoms with E-state index in [9.17, 15) is 0 Å². The van der Waals surface area contributed by atoms with Gasteiger partial charge in [0, 0.05) is 16.8 Å². The zero-order valence-electron chi connectivity index (χ0n) is 15.8. The molecule has 1 heteroatoms. The summed E-state index contributed by atoms with van der Waals surface area (Å²) in [4.78, 5) is 5.05. The summed E-state index contributed by atoms with van der Waals surface area (Å²) in [5.41, 5.74) is 9.54. The predicted octanol–water partition coefficient (Wildman–Crippen LogP) is 6.62. The Labute approximate surface area is 161 Å². The van der Waals surface area contributed by atoms with Gasteiger partial charge in [0.05, 0.1) is 5.69 Å². The van der Waals surface area contributed by atoms with Gasteiger partial charge in [0.25, 0.3) is 0 Å². The van der Waals surface area contributed by atoms with Crippen LogP contribution in [-0.4, -0.2) is 4.98 Å². The molecule has 3 aromatic carbocycles. The third kappa shape index (κ3) is 3.83. The Balaban J connectivity index is 1.86. The maximum absolute atomic E-state index is 5.05. The smallest absolute Gasteiger partial charge is 0.0783 e. The summed E-state index contributed by atoms with van der Waals surface area (Å²) in [6.45, 7) is 4.23. The van der Waals surface area contributed by atoms with E-state index in [-0.39, 0.29) is 0 Å². The molecule has 0 aliphatic carbocycles. The zero-order valence-corrected chi connectivity index (χ0v) is 15.8. The van der Waals surface area contributed by atoms with E-state index in [0.29, 0.717) is 0 Å². The first-order valence-corrected chi connectivity index (χ1v) is 9.37. The highest BCUT2D eigenvalue weighted by Crippen LogP contribution is 2.33. The number of benzene rings is 3. The Morgan fingerprint density at radius 3 is 1.96 bits per heavy atom. The van der Waals surface area contributed by atoms with Crippen molar-refractivity contribution >= 4 is 0 Å². The molecule has 132 valence electrons. The van der Waals surface area contributed by atoms with Gasteiger partial charge in [-0.1, -0.05) is 90.5 Å². The molecule has 0 aliphatic rings. The Hall–Kier alpha value is -3.19. The molecule has 4 rings (SSSR count). The molecule has 0 radical (unpaired) electrons. The summed E-state index contributed by atoms with van der Waals surface area (Å²) in [5, 5.41) is 0. The summed E-state index contributed by atoms with van der Waals surface area (Å²) >= 11 is 0. The number of rotatable bonds is 4. The summed E-state index contributed by atoms with van der Waals surface area (Å²) in [7, 11) is 0. The number of pyridine rings is 1. The lowest BCUT2D eigenvalue weighted by Gasteiger charge is -2.15. The molecule has 4 aromatic rings. The molecule has 0 fully saturated rings. The van der Waals surface area contributed by atoms with E-state index in [0.717, 1.165) is 23.4 Å². The lowest BCUT2D eigenvalue weighted by Crippen LogP contribution is -1.99. The van der Waals surface area contributed by atoms with Crippen LogP contribution < -0.4 is 0 Å². The second-order valence-corrected chi connectivity index (χ2v) is 7.02. The Bertz CT molecular complexity index is 1030. The van der Waals surface area contributed by atoms with Gasteiger partial charge >= 0.3 is 0 Å². The van der Waals surface area contributed by atoms with Crippen molar-refractivity contribution < 1.29 is 0 Å². The van der Waals surface area contributed by atoms with Crippen molar-refractivity contribution in [1.29, 1.82) is 0 Å². The van der Waals surface area contributed by atoms with Gasteiger partial charge in [0.1, 0.15) is 0 Å². The normalized spacial score (nSPS) is 10.7. The quantitative estimate of drug-likeness (QED) is 0.403. The molecule has 0 amide bonds. The third-order valence-corrected chi connectivity index (χ3v) is 4.97. The van der Waals surface area contributed by atoms with Crippen LogP contribution in [-0.2, 0) is 6.42 Å². The lowest BCUT2D eigenvalue weighted by molar-refractivity contribution is 1.08. The van der Waals surface area contributed by atoms with E-state index in [2.05, 4.69) is 105 Å². The molecule has 0 aliphatic heterocycles. The van der Waals surface area contributed by atoms with Gasteiger partial charge in [-0.2, -0.15) is 0 Å². The minimum absolute atomic E-state index is 0.897. The van der Waals surface area contributed by atoms with E-state index in [4.69, 9.17) is 4.98 Å². The maximum atomic E-state index is 5.05. The maximum Gasteiger partial charge on any atom is 0.0783 e. The zero-order chi connectivity index (χ0) is 18.6. The van der Waals surface area contributed by atoms with Gasteiger partial charge in [-0.05, 0) is 43.0 Å². The second-order valence-electron chi connectivity index (χ2n) is 7.02. The molecule has 27 heavy (non-hydrogen) atoms. The van der Waals surface area contributed by atoms with Crippen molar-refractivity contribution in [2.45, 2.75) is 20.3 Å². The minimum atomic E-state index is 0.897. The molecule has 0 N–H and O–H groups in total. The predicted molar refractivity (Wildman–Crippen MR) is 114 cm³/mol. The third-order valence-electron chi connectivity index (χ3n) is 4.97. The molecule has 0 spiro atoms. The highest BCUT2D eigenvalue weighted by atomic mass is 14.7. The monoisotopic (exact) mass is 349 g/mol. The van der Waals surface area contributed by atoms with E-state index in [1.807, 2.05) is 0 Å². The van der Waals surface area contributed by atoms with Crippen LogP contribution in [0.25, 0.3) is 22.4 Å². The Morgan fingerprint density at radius 1 is 0.667 bits per heavy atom. The molecular formula is C26H23N. The van der Waals surface area contributed by atoms with Gasteiger partial charge in [-0.15, -0.1) is 0 Å². The summed E-state index contributed by atoms with van der Waals surface area (Å²) in [5.74, 6) is 0. The van der Waals surface area contributed by atoms with Crippen LogP contribution in [0.2, 0.25) is 0 Å². The standard InChI is InChI=1S/C26H23N/c1-19-13-15-23(16-14-19)26-25(22-11-7-4-8-12-22)18-24(20(2)27-26)17-21-9-5-3-6-10-21/h3-16,18H,17H2,1-2H3. The number of aryl methyl sites for hydroxylation is 2.